The van der Waals surface area contributed by atoms with Crippen LogP contribution in [0.3, 0.4) is 0 Å². The van der Waals surface area contributed by atoms with Crippen molar-refractivity contribution in [1.82, 2.24) is 0 Å². The molecule has 0 aliphatic heterocycles. The van der Waals surface area contributed by atoms with Crippen LogP contribution in [0.25, 0.3) is 0 Å². The summed E-state index contributed by atoms with van der Waals surface area (Å²) in [5.41, 5.74) is 8.35. The number of nitrogens with zero attached hydrogens (tertiary/aromatic N) is 2. The summed E-state index contributed by atoms with van der Waals surface area (Å²) in [4.78, 5) is 2.25. The van der Waals surface area contributed by atoms with Crippen molar-refractivity contribution in [3.8, 4) is 6.07 Å². The molecule has 1 saturated carbocycles. The standard InChI is InChI=1S/C13H17N3/c1-16(11-4-2-3-5-11)13-7-6-10(9-14)8-12(13)15/h6-8,11H,2-5,15H2,1H3. The van der Waals surface area contributed by atoms with E-state index in [1.165, 1.54) is 25.7 Å². The molecule has 0 atom stereocenters. The predicted molar refractivity (Wildman–Crippen MR) is 66.2 cm³/mol. The van der Waals surface area contributed by atoms with Gasteiger partial charge in [0, 0.05) is 13.1 Å². The fraction of sp³-hybridized carbons (Fsp3) is 0.462. The third kappa shape index (κ3) is 1.96. The molecule has 1 aliphatic carbocycles. The smallest absolute Gasteiger partial charge is 0.0992 e. The third-order valence-electron chi connectivity index (χ3n) is 3.41. The van der Waals surface area contributed by atoms with Crippen LogP contribution < -0.4 is 10.6 Å². The number of hydrogen-bond acceptors (Lipinski definition) is 3. The van der Waals surface area contributed by atoms with Gasteiger partial charge in [-0.05, 0) is 31.0 Å². The summed E-state index contributed by atoms with van der Waals surface area (Å²) in [6, 6.07) is 8.24. The van der Waals surface area contributed by atoms with E-state index in [0.29, 0.717) is 17.3 Å². The molecular weight excluding hydrogens is 198 g/mol. The molecule has 84 valence electrons. The molecule has 0 heterocycles. The van der Waals surface area contributed by atoms with Gasteiger partial charge in [-0.3, -0.25) is 0 Å². The van der Waals surface area contributed by atoms with E-state index >= 15 is 0 Å². The molecule has 2 rings (SSSR count). The minimum Gasteiger partial charge on any atom is -0.397 e. The van der Waals surface area contributed by atoms with Crippen LogP contribution in [0, 0.1) is 11.3 Å². The van der Waals surface area contributed by atoms with E-state index in [2.05, 4.69) is 18.0 Å². The highest BCUT2D eigenvalue weighted by Gasteiger charge is 2.20. The molecule has 16 heavy (non-hydrogen) atoms. The van der Waals surface area contributed by atoms with Crippen molar-refractivity contribution in [2.75, 3.05) is 17.7 Å². The maximum atomic E-state index is 8.78. The highest BCUT2D eigenvalue weighted by Crippen LogP contribution is 2.30. The zero-order chi connectivity index (χ0) is 11.5. The lowest BCUT2D eigenvalue weighted by Crippen LogP contribution is -2.29. The molecule has 0 bridgehead atoms. The Kier molecular flexibility index (Phi) is 3.00. The van der Waals surface area contributed by atoms with Gasteiger partial charge in [-0.1, -0.05) is 12.8 Å². The van der Waals surface area contributed by atoms with E-state index in [1.807, 2.05) is 12.1 Å². The van der Waals surface area contributed by atoms with Gasteiger partial charge in [-0.15, -0.1) is 0 Å². The maximum absolute atomic E-state index is 8.78. The molecule has 0 amide bonds. The Hall–Kier alpha value is -1.69. The van der Waals surface area contributed by atoms with Gasteiger partial charge in [0.15, 0.2) is 0 Å². The average molecular weight is 215 g/mol. The van der Waals surface area contributed by atoms with Gasteiger partial charge in [0.05, 0.1) is 23.0 Å². The Morgan fingerprint density at radius 1 is 1.38 bits per heavy atom. The van der Waals surface area contributed by atoms with E-state index in [4.69, 9.17) is 11.0 Å². The topological polar surface area (TPSA) is 53.0 Å². The first-order valence-corrected chi connectivity index (χ1v) is 5.75. The molecule has 1 aromatic rings. The molecular formula is C13H17N3. The van der Waals surface area contributed by atoms with Crippen LogP contribution in [0.1, 0.15) is 31.2 Å². The molecule has 1 fully saturated rings. The quantitative estimate of drug-likeness (QED) is 0.771. The largest absolute Gasteiger partial charge is 0.397 e. The lowest BCUT2D eigenvalue weighted by atomic mass is 10.1. The fourth-order valence-electron chi connectivity index (χ4n) is 2.43. The monoisotopic (exact) mass is 215 g/mol. The van der Waals surface area contributed by atoms with Crippen molar-refractivity contribution in [3.63, 3.8) is 0 Å². The number of nitrogen functional groups attached to an aromatic ring is 1. The fourth-order valence-corrected chi connectivity index (χ4v) is 2.43. The van der Waals surface area contributed by atoms with Gasteiger partial charge in [0.1, 0.15) is 0 Å². The molecule has 2 N–H and O–H groups in total. The molecule has 1 aliphatic rings. The average Bonchev–Trinajstić information content (AvgIpc) is 2.81. The van der Waals surface area contributed by atoms with Crippen molar-refractivity contribution in [2.45, 2.75) is 31.7 Å². The molecule has 0 unspecified atom stereocenters. The Bertz CT molecular complexity index is 414. The zero-order valence-corrected chi connectivity index (χ0v) is 9.61. The van der Waals surface area contributed by atoms with Gasteiger partial charge < -0.3 is 10.6 Å². The second-order valence-electron chi connectivity index (χ2n) is 4.43. The van der Waals surface area contributed by atoms with Crippen molar-refractivity contribution in [2.24, 2.45) is 0 Å². The summed E-state index contributed by atoms with van der Waals surface area (Å²) in [7, 11) is 2.09. The molecule has 0 radical (unpaired) electrons. The molecule has 0 saturated heterocycles. The van der Waals surface area contributed by atoms with E-state index in [0.717, 1.165) is 5.69 Å². The SMILES string of the molecule is CN(c1ccc(C#N)cc1N)C1CCCC1. The molecule has 1 aromatic carbocycles. The molecule has 3 nitrogen and oxygen atoms in total. The van der Waals surface area contributed by atoms with Crippen molar-refractivity contribution < 1.29 is 0 Å². The molecule has 3 heteroatoms. The van der Waals surface area contributed by atoms with Crippen LogP contribution in [0.4, 0.5) is 11.4 Å². The number of anilines is 2. The number of rotatable bonds is 2. The second-order valence-corrected chi connectivity index (χ2v) is 4.43. The first kappa shape index (κ1) is 10.8. The minimum atomic E-state index is 0.607. The van der Waals surface area contributed by atoms with Gasteiger partial charge in [-0.25, -0.2) is 0 Å². The molecule has 0 aromatic heterocycles. The summed E-state index contributed by atoms with van der Waals surface area (Å²) in [5.74, 6) is 0. The second kappa shape index (κ2) is 4.44. The van der Waals surface area contributed by atoms with Gasteiger partial charge in [0.25, 0.3) is 0 Å². The first-order valence-electron chi connectivity index (χ1n) is 5.75. The van der Waals surface area contributed by atoms with Crippen LogP contribution in [0.5, 0.6) is 0 Å². The number of nitrogens with two attached hydrogens (primary N) is 1. The Labute approximate surface area is 96.5 Å². The van der Waals surface area contributed by atoms with E-state index in [9.17, 15) is 0 Å². The highest BCUT2D eigenvalue weighted by molar-refractivity contribution is 5.69. The molecule has 0 spiro atoms. The highest BCUT2D eigenvalue weighted by atomic mass is 15.1. The number of benzene rings is 1. The van der Waals surface area contributed by atoms with E-state index in [1.54, 1.807) is 6.07 Å². The third-order valence-corrected chi connectivity index (χ3v) is 3.41. The van der Waals surface area contributed by atoms with Crippen LogP contribution in [0.2, 0.25) is 0 Å². The van der Waals surface area contributed by atoms with Crippen LogP contribution >= 0.6 is 0 Å². The lowest BCUT2D eigenvalue weighted by Gasteiger charge is -2.27. The zero-order valence-electron chi connectivity index (χ0n) is 9.61. The summed E-state index contributed by atoms with van der Waals surface area (Å²) < 4.78 is 0. The van der Waals surface area contributed by atoms with Crippen molar-refractivity contribution in [1.29, 1.82) is 5.26 Å². The number of hydrogen-bond donors (Lipinski definition) is 1. The Balaban J connectivity index is 2.23. The summed E-state index contributed by atoms with van der Waals surface area (Å²) >= 11 is 0. The van der Waals surface area contributed by atoms with Crippen molar-refractivity contribution in [3.05, 3.63) is 23.8 Å². The summed E-state index contributed by atoms with van der Waals surface area (Å²) in [6.45, 7) is 0. The van der Waals surface area contributed by atoms with Crippen LogP contribution in [0.15, 0.2) is 18.2 Å². The van der Waals surface area contributed by atoms with Gasteiger partial charge in [0.2, 0.25) is 0 Å². The van der Waals surface area contributed by atoms with Crippen LogP contribution in [-0.4, -0.2) is 13.1 Å². The Morgan fingerprint density at radius 3 is 2.62 bits per heavy atom. The summed E-state index contributed by atoms with van der Waals surface area (Å²) in [5, 5.41) is 8.78. The van der Waals surface area contributed by atoms with E-state index < -0.39 is 0 Å². The number of nitriles is 1. The predicted octanol–water partition coefficient (Wildman–Crippen LogP) is 2.52. The van der Waals surface area contributed by atoms with Crippen molar-refractivity contribution >= 4 is 11.4 Å². The Morgan fingerprint density at radius 2 is 2.06 bits per heavy atom. The first-order chi connectivity index (χ1) is 7.72. The van der Waals surface area contributed by atoms with Gasteiger partial charge >= 0.3 is 0 Å². The lowest BCUT2D eigenvalue weighted by molar-refractivity contribution is 0.654. The maximum Gasteiger partial charge on any atom is 0.0992 e. The summed E-state index contributed by atoms with van der Waals surface area (Å²) in [6.07, 6.45) is 5.11. The van der Waals surface area contributed by atoms with Crippen LogP contribution in [-0.2, 0) is 0 Å². The van der Waals surface area contributed by atoms with E-state index in [-0.39, 0.29) is 0 Å². The minimum absolute atomic E-state index is 0.607. The normalized spacial score (nSPS) is 16.0. The van der Waals surface area contributed by atoms with Gasteiger partial charge in [-0.2, -0.15) is 5.26 Å².